The van der Waals surface area contributed by atoms with Crippen molar-refractivity contribution in [3.05, 3.63) is 41.3 Å². The van der Waals surface area contributed by atoms with Crippen molar-refractivity contribution >= 4 is 16.7 Å². The van der Waals surface area contributed by atoms with Gasteiger partial charge in [-0.2, -0.15) is 5.10 Å². The van der Waals surface area contributed by atoms with Crippen molar-refractivity contribution in [2.75, 3.05) is 18.0 Å². The van der Waals surface area contributed by atoms with E-state index < -0.39 is 0 Å². The third kappa shape index (κ3) is 2.75. The van der Waals surface area contributed by atoms with Gasteiger partial charge in [-0.25, -0.2) is 9.37 Å². The highest BCUT2D eigenvalue weighted by molar-refractivity contribution is 5.94. The van der Waals surface area contributed by atoms with Gasteiger partial charge in [0.15, 0.2) is 0 Å². The first-order valence-electron chi connectivity index (χ1n) is 9.35. The van der Waals surface area contributed by atoms with Gasteiger partial charge in [0.25, 0.3) is 0 Å². The van der Waals surface area contributed by atoms with Crippen LogP contribution in [0.2, 0.25) is 0 Å². The monoisotopic (exact) mass is 352 g/mol. The van der Waals surface area contributed by atoms with E-state index in [1.54, 1.807) is 10.7 Å². The Bertz CT molecular complexity index is 976. The first kappa shape index (κ1) is 17.0. The number of rotatable bonds is 3. The number of hydrogen-bond acceptors (Lipinski definition) is 3. The van der Waals surface area contributed by atoms with Crippen LogP contribution in [0.1, 0.15) is 31.4 Å². The van der Waals surface area contributed by atoms with E-state index in [-0.39, 0.29) is 5.82 Å². The maximum absolute atomic E-state index is 14.8. The van der Waals surface area contributed by atoms with Crippen molar-refractivity contribution in [2.45, 2.75) is 33.6 Å². The highest BCUT2D eigenvalue weighted by Gasteiger charge is 2.26. The summed E-state index contributed by atoms with van der Waals surface area (Å²) in [6.45, 7) is 8.27. The first-order valence-corrected chi connectivity index (χ1v) is 9.35. The van der Waals surface area contributed by atoms with Gasteiger partial charge in [0.05, 0.1) is 5.69 Å². The summed E-state index contributed by atoms with van der Waals surface area (Å²) in [5.74, 6) is 1.25. The fourth-order valence-corrected chi connectivity index (χ4v) is 3.93. The van der Waals surface area contributed by atoms with Crippen molar-refractivity contribution in [1.82, 2.24) is 14.8 Å². The topological polar surface area (TPSA) is 34.0 Å². The van der Waals surface area contributed by atoms with Crippen molar-refractivity contribution in [1.29, 1.82) is 0 Å². The minimum Gasteiger partial charge on any atom is -0.356 e. The quantitative estimate of drug-likeness (QED) is 0.696. The number of anilines is 1. The maximum atomic E-state index is 14.8. The molecule has 136 valence electrons. The van der Waals surface area contributed by atoms with E-state index in [1.165, 1.54) is 0 Å². The predicted molar refractivity (Wildman–Crippen MR) is 104 cm³/mol. The minimum atomic E-state index is -0.233. The van der Waals surface area contributed by atoms with Crippen LogP contribution in [0.3, 0.4) is 0 Å². The van der Waals surface area contributed by atoms with Crippen molar-refractivity contribution in [2.24, 2.45) is 13.0 Å². The molecule has 26 heavy (non-hydrogen) atoms. The molecule has 0 radical (unpaired) electrons. The summed E-state index contributed by atoms with van der Waals surface area (Å²) in [5, 5.41) is 5.51. The molecule has 1 fully saturated rings. The Morgan fingerprint density at radius 2 is 2.12 bits per heavy atom. The molecule has 0 amide bonds. The van der Waals surface area contributed by atoms with E-state index in [0.29, 0.717) is 11.4 Å². The number of aryl methyl sites for hydroxylation is 3. The summed E-state index contributed by atoms with van der Waals surface area (Å²) in [6.07, 6.45) is 3.88. The summed E-state index contributed by atoms with van der Waals surface area (Å²) in [6, 6.07) is 5.70. The van der Waals surface area contributed by atoms with Gasteiger partial charge in [-0.1, -0.05) is 13.8 Å². The molecule has 3 aromatic rings. The van der Waals surface area contributed by atoms with Gasteiger partial charge in [0.2, 0.25) is 0 Å². The van der Waals surface area contributed by atoms with Gasteiger partial charge in [0.1, 0.15) is 17.2 Å². The van der Waals surface area contributed by atoms with E-state index in [1.807, 2.05) is 26.2 Å². The Balaban J connectivity index is 2.02. The maximum Gasteiger partial charge on any atom is 0.149 e. The van der Waals surface area contributed by atoms with E-state index in [2.05, 4.69) is 29.9 Å². The zero-order valence-corrected chi connectivity index (χ0v) is 15.9. The largest absolute Gasteiger partial charge is 0.356 e. The molecular formula is C21H25FN4. The van der Waals surface area contributed by atoms with Crippen molar-refractivity contribution in [3.8, 4) is 11.3 Å². The van der Waals surface area contributed by atoms with Crippen LogP contribution in [-0.2, 0) is 13.5 Å². The minimum absolute atomic E-state index is 0.233. The number of benzene rings is 1. The molecule has 1 saturated heterocycles. The lowest BCUT2D eigenvalue weighted by Gasteiger charge is -2.23. The zero-order chi connectivity index (χ0) is 18.4. The molecular weight excluding hydrogens is 327 g/mol. The van der Waals surface area contributed by atoms with E-state index in [4.69, 9.17) is 4.98 Å². The molecule has 0 aliphatic carbocycles. The SMILES string of the molecule is CCc1cc(F)c2nc(N3CCC(C)C3)c(-c3ccn(C)n3)c(C)c2c1. The normalized spacial score (nSPS) is 17.4. The number of halogens is 1. The van der Waals surface area contributed by atoms with Crippen LogP contribution in [0.4, 0.5) is 10.2 Å². The molecule has 5 heteroatoms. The Kier molecular flexibility index (Phi) is 4.17. The molecule has 0 bridgehead atoms. The molecule has 3 heterocycles. The Hall–Kier alpha value is -2.43. The number of fused-ring (bicyclic) bond motifs is 1. The summed E-state index contributed by atoms with van der Waals surface area (Å²) in [7, 11) is 1.92. The van der Waals surface area contributed by atoms with Crippen LogP contribution >= 0.6 is 0 Å². The van der Waals surface area contributed by atoms with Crippen LogP contribution in [0.5, 0.6) is 0 Å². The Morgan fingerprint density at radius 3 is 2.73 bits per heavy atom. The molecule has 2 aromatic heterocycles. The predicted octanol–water partition coefficient (Wildman–Crippen LogP) is 4.49. The molecule has 1 atom stereocenters. The van der Waals surface area contributed by atoms with Crippen LogP contribution in [0.25, 0.3) is 22.2 Å². The number of pyridine rings is 1. The third-order valence-corrected chi connectivity index (χ3v) is 5.44. The average molecular weight is 352 g/mol. The smallest absolute Gasteiger partial charge is 0.149 e. The van der Waals surface area contributed by atoms with E-state index >= 15 is 0 Å². The molecule has 0 N–H and O–H groups in total. The van der Waals surface area contributed by atoms with Gasteiger partial charge in [0, 0.05) is 37.3 Å². The average Bonchev–Trinajstić information content (AvgIpc) is 3.23. The second-order valence-electron chi connectivity index (χ2n) is 7.48. The fraction of sp³-hybridized carbons (Fsp3) is 0.429. The lowest BCUT2D eigenvalue weighted by atomic mass is 9.98. The zero-order valence-electron chi connectivity index (χ0n) is 15.9. The molecule has 1 unspecified atom stereocenters. The van der Waals surface area contributed by atoms with Crippen LogP contribution in [0, 0.1) is 18.7 Å². The molecule has 1 aliphatic heterocycles. The second-order valence-corrected chi connectivity index (χ2v) is 7.48. The molecule has 1 aromatic carbocycles. The lowest BCUT2D eigenvalue weighted by molar-refractivity contribution is 0.634. The van der Waals surface area contributed by atoms with Gasteiger partial charge >= 0.3 is 0 Å². The van der Waals surface area contributed by atoms with Crippen LogP contribution < -0.4 is 4.90 Å². The Morgan fingerprint density at radius 1 is 1.31 bits per heavy atom. The lowest BCUT2D eigenvalue weighted by Crippen LogP contribution is -2.22. The Labute approximate surface area is 153 Å². The summed E-state index contributed by atoms with van der Waals surface area (Å²) in [5.41, 5.74) is 4.44. The van der Waals surface area contributed by atoms with Gasteiger partial charge < -0.3 is 4.90 Å². The number of aromatic nitrogens is 3. The van der Waals surface area contributed by atoms with Gasteiger partial charge in [-0.05, 0) is 55.0 Å². The molecule has 0 saturated carbocycles. The molecule has 1 aliphatic rings. The standard InChI is InChI=1S/C21H25FN4/c1-5-15-10-16-14(3)19(18-7-8-25(4)24-18)21(23-20(16)17(22)11-15)26-9-6-13(2)12-26/h7-8,10-11,13H,5-6,9,12H2,1-4H3. The van der Waals surface area contributed by atoms with Crippen molar-refractivity contribution in [3.63, 3.8) is 0 Å². The summed E-state index contributed by atoms with van der Waals surface area (Å²) in [4.78, 5) is 7.10. The second kappa shape index (κ2) is 6.38. The third-order valence-electron chi connectivity index (χ3n) is 5.44. The highest BCUT2D eigenvalue weighted by Crippen LogP contribution is 2.38. The highest BCUT2D eigenvalue weighted by atomic mass is 19.1. The first-order chi connectivity index (χ1) is 12.5. The molecule has 4 rings (SSSR count). The van der Waals surface area contributed by atoms with Gasteiger partial charge in [-0.15, -0.1) is 0 Å². The van der Waals surface area contributed by atoms with Gasteiger partial charge in [-0.3, -0.25) is 4.68 Å². The summed E-state index contributed by atoms with van der Waals surface area (Å²) >= 11 is 0. The summed E-state index contributed by atoms with van der Waals surface area (Å²) < 4.78 is 16.6. The van der Waals surface area contributed by atoms with E-state index in [9.17, 15) is 4.39 Å². The fourth-order valence-electron chi connectivity index (χ4n) is 3.93. The van der Waals surface area contributed by atoms with Crippen molar-refractivity contribution < 1.29 is 4.39 Å². The molecule has 4 nitrogen and oxygen atoms in total. The number of hydrogen-bond donors (Lipinski definition) is 0. The van der Waals surface area contributed by atoms with E-state index in [0.717, 1.165) is 59.5 Å². The van der Waals surface area contributed by atoms with Crippen LogP contribution in [-0.4, -0.2) is 27.9 Å². The molecule has 0 spiro atoms. The number of nitrogens with zero attached hydrogens (tertiary/aromatic N) is 4. The van der Waals surface area contributed by atoms with Crippen LogP contribution in [0.15, 0.2) is 24.4 Å².